The third kappa shape index (κ3) is 5.89. The van der Waals surface area contributed by atoms with Gasteiger partial charge < -0.3 is 20.5 Å². The summed E-state index contributed by atoms with van der Waals surface area (Å²) in [6.45, 7) is 0.294. The molecule has 1 atom stereocenters. The zero-order valence-electron chi connectivity index (χ0n) is 13.5. The van der Waals surface area contributed by atoms with Crippen LogP contribution in [0.25, 0.3) is 0 Å². The lowest BCUT2D eigenvalue weighted by Gasteiger charge is -2.13. The van der Waals surface area contributed by atoms with Crippen LogP contribution in [0.4, 0.5) is 9.18 Å². The minimum absolute atomic E-state index is 0.132. The second kappa shape index (κ2) is 8.88. The molecule has 0 aliphatic carbocycles. The number of urea groups is 1. The number of hydrogen-bond donors (Lipinski definition) is 3. The topological polar surface area (TPSA) is 70.6 Å². The molecule has 0 fully saturated rings. The molecule has 0 saturated heterocycles. The van der Waals surface area contributed by atoms with Gasteiger partial charge in [0.05, 0.1) is 13.2 Å². The fourth-order valence-corrected chi connectivity index (χ4v) is 2.25. The maximum atomic E-state index is 13.4. The fourth-order valence-electron chi connectivity index (χ4n) is 2.25. The van der Waals surface area contributed by atoms with Crippen LogP contribution in [-0.2, 0) is 13.0 Å². The molecular weight excluding hydrogens is 311 g/mol. The molecule has 128 valence electrons. The maximum Gasteiger partial charge on any atom is 0.315 e. The van der Waals surface area contributed by atoms with Crippen molar-refractivity contribution in [3.63, 3.8) is 0 Å². The van der Waals surface area contributed by atoms with Crippen LogP contribution in [0.1, 0.15) is 11.1 Å². The molecule has 2 amide bonds. The van der Waals surface area contributed by atoms with Crippen molar-refractivity contribution in [3.8, 4) is 5.75 Å². The molecule has 0 bridgehead atoms. The number of methoxy groups -OCH3 is 1. The van der Waals surface area contributed by atoms with Crippen LogP contribution >= 0.6 is 0 Å². The smallest absolute Gasteiger partial charge is 0.315 e. The summed E-state index contributed by atoms with van der Waals surface area (Å²) >= 11 is 0. The standard InChI is InChI=1S/C18H21FN2O3/c1-24-17-9-14(7-15(19)10-17)11-20-18(23)21-12-16(22)8-13-5-3-2-4-6-13/h2-7,9-10,16,22H,8,11-12H2,1H3,(H2,20,21,23). The first-order valence-corrected chi connectivity index (χ1v) is 7.64. The molecule has 0 aliphatic heterocycles. The first kappa shape index (κ1) is 17.7. The average Bonchev–Trinajstić information content (AvgIpc) is 2.58. The van der Waals surface area contributed by atoms with Gasteiger partial charge in [-0.1, -0.05) is 30.3 Å². The number of aliphatic hydroxyl groups is 1. The largest absolute Gasteiger partial charge is 0.497 e. The van der Waals surface area contributed by atoms with E-state index in [1.54, 1.807) is 6.07 Å². The van der Waals surface area contributed by atoms with Crippen molar-refractivity contribution in [1.82, 2.24) is 10.6 Å². The molecule has 2 aromatic rings. The number of ether oxygens (including phenoxy) is 1. The molecule has 0 aromatic heterocycles. The highest BCUT2D eigenvalue weighted by molar-refractivity contribution is 5.73. The van der Waals surface area contributed by atoms with Crippen LogP contribution in [0.2, 0.25) is 0 Å². The predicted molar refractivity (Wildman–Crippen MR) is 89.3 cm³/mol. The quantitative estimate of drug-likeness (QED) is 0.728. The second-order valence-electron chi connectivity index (χ2n) is 5.41. The molecule has 3 N–H and O–H groups in total. The van der Waals surface area contributed by atoms with Gasteiger partial charge in [0, 0.05) is 25.6 Å². The van der Waals surface area contributed by atoms with Gasteiger partial charge in [0.1, 0.15) is 11.6 Å². The number of aliphatic hydroxyl groups excluding tert-OH is 1. The third-order valence-electron chi connectivity index (χ3n) is 3.43. The van der Waals surface area contributed by atoms with E-state index in [-0.39, 0.29) is 13.1 Å². The van der Waals surface area contributed by atoms with E-state index < -0.39 is 18.0 Å². The Labute approximate surface area is 140 Å². The van der Waals surface area contributed by atoms with Gasteiger partial charge in [-0.3, -0.25) is 0 Å². The minimum atomic E-state index is -0.674. The fraction of sp³-hybridized carbons (Fsp3) is 0.278. The van der Waals surface area contributed by atoms with E-state index in [2.05, 4.69) is 10.6 Å². The van der Waals surface area contributed by atoms with E-state index in [1.807, 2.05) is 30.3 Å². The van der Waals surface area contributed by atoms with Crippen molar-refractivity contribution in [2.24, 2.45) is 0 Å². The van der Waals surface area contributed by atoms with Gasteiger partial charge in [-0.2, -0.15) is 0 Å². The monoisotopic (exact) mass is 332 g/mol. The Morgan fingerprint density at radius 1 is 1.17 bits per heavy atom. The molecule has 0 saturated carbocycles. The molecule has 2 aromatic carbocycles. The van der Waals surface area contributed by atoms with E-state index in [0.717, 1.165) is 5.56 Å². The Bertz CT molecular complexity index is 665. The Balaban J connectivity index is 1.74. The second-order valence-corrected chi connectivity index (χ2v) is 5.41. The number of rotatable bonds is 7. The van der Waals surface area contributed by atoms with Crippen LogP contribution in [0, 0.1) is 5.82 Å². The molecule has 5 nitrogen and oxygen atoms in total. The average molecular weight is 332 g/mol. The molecule has 0 spiro atoms. The van der Waals surface area contributed by atoms with Crippen molar-refractivity contribution in [1.29, 1.82) is 0 Å². The predicted octanol–water partition coefficient (Wildman–Crippen LogP) is 2.24. The number of benzene rings is 2. The normalized spacial score (nSPS) is 11.6. The van der Waals surface area contributed by atoms with Crippen LogP contribution < -0.4 is 15.4 Å². The Morgan fingerprint density at radius 3 is 2.62 bits per heavy atom. The van der Waals surface area contributed by atoms with Crippen molar-refractivity contribution in [3.05, 3.63) is 65.5 Å². The van der Waals surface area contributed by atoms with E-state index in [4.69, 9.17) is 4.74 Å². The number of hydrogen-bond acceptors (Lipinski definition) is 3. The van der Waals surface area contributed by atoms with Gasteiger partial charge in [-0.15, -0.1) is 0 Å². The first-order valence-electron chi connectivity index (χ1n) is 7.64. The Morgan fingerprint density at radius 2 is 1.92 bits per heavy atom. The maximum absolute atomic E-state index is 13.4. The van der Waals surface area contributed by atoms with E-state index in [1.165, 1.54) is 19.2 Å². The van der Waals surface area contributed by atoms with Crippen LogP contribution in [0.3, 0.4) is 0 Å². The summed E-state index contributed by atoms with van der Waals surface area (Å²) in [5, 5.41) is 15.1. The van der Waals surface area contributed by atoms with Crippen molar-refractivity contribution in [2.75, 3.05) is 13.7 Å². The Hall–Kier alpha value is -2.60. The lowest BCUT2D eigenvalue weighted by atomic mass is 10.1. The van der Waals surface area contributed by atoms with Crippen molar-refractivity contribution >= 4 is 6.03 Å². The van der Waals surface area contributed by atoms with E-state index >= 15 is 0 Å². The SMILES string of the molecule is COc1cc(F)cc(CNC(=O)NCC(O)Cc2ccccc2)c1. The number of halogens is 1. The summed E-state index contributed by atoms with van der Waals surface area (Å²) in [5.74, 6) is -0.0321. The van der Waals surface area contributed by atoms with Gasteiger partial charge in [0.15, 0.2) is 0 Å². The summed E-state index contributed by atoms with van der Waals surface area (Å²) in [7, 11) is 1.45. The molecule has 0 aliphatic rings. The summed E-state index contributed by atoms with van der Waals surface area (Å²) in [6, 6.07) is 13.4. The molecule has 24 heavy (non-hydrogen) atoms. The van der Waals surface area contributed by atoms with Gasteiger partial charge in [0.2, 0.25) is 0 Å². The van der Waals surface area contributed by atoms with Gasteiger partial charge in [-0.05, 0) is 23.3 Å². The van der Waals surface area contributed by atoms with Crippen molar-refractivity contribution in [2.45, 2.75) is 19.1 Å². The van der Waals surface area contributed by atoms with Crippen molar-refractivity contribution < 1.29 is 19.0 Å². The Kier molecular flexibility index (Phi) is 6.57. The molecule has 0 radical (unpaired) electrons. The zero-order chi connectivity index (χ0) is 17.4. The third-order valence-corrected chi connectivity index (χ3v) is 3.43. The summed E-state index contributed by atoms with van der Waals surface area (Å²) < 4.78 is 18.3. The first-order chi connectivity index (χ1) is 11.6. The van der Waals surface area contributed by atoms with Gasteiger partial charge >= 0.3 is 6.03 Å². The van der Waals surface area contributed by atoms with Crippen LogP contribution in [0.15, 0.2) is 48.5 Å². The van der Waals surface area contributed by atoms with Gasteiger partial charge in [-0.25, -0.2) is 9.18 Å². The zero-order valence-corrected chi connectivity index (χ0v) is 13.5. The molecule has 2 rings (SSSR count). The molecular formula is C18H21FN2O3. The highest BCUT2D eigenvalue weighted by atomic mass is 19.1. The lowest BCUT2D eigenvalue weighted by Crippen LogP contribution is -2.40. The number of carbonyl (C=O) groups is 1. The highest BCUT2D eigenvalue weighted by Gasteiger charge is 2.08. The highest BCUT2D eigenvalue weighted by Crippen LogP contribution is 2.15. The summed E-state index contributed by atoms with van der Waals surface area (Å²) in [6.07, 6.45) is -0.213. The molecule has 0 heterocycles. The molecule has 1 unspecified atom stereocenters. The lowest BCUT2D eigenvalue weighted by molar-refractivity contribution is 0.170. The summed E-state index contributed by atoms with van der Waals surface area (Å²) in [5.41, 5.74) is 1.59. The minimum Gasteiger partial charge on any atom is -0.497 e. The van der Waals surface area contributed by atoms with Crippen LogP contribution in [0.5, 0.6) is 5.75 Å². The number of nitrogens with one attached hydrogen (secondary N) is 2. The number of amides is 2. The van der Waals surface area contributed by atoms with E-state index in [0.29, 0.717) is 17.7 Å². The van der Waals surface area contributed by atoms with E-state index in [9.17, 15) is 14.3 Å². The van der Waals surface area contributed by atoms with Crippen LogP contribution in [-0.4, -0.2) is 30.9 Å². The summed E-state index contributed by atoms with van der Waals surface area (Å²) in [4.78, 5) is 11.8. The number of carbonyl (C=O) groups excluding carboxylic acids is 1. The van der Waals surface area contributed by atoms with Gasteiger partial charge in [0.25, 0.3) is 0 Å². The molecule has 6 heteroatoms.